The SMILES string of the molecule is O=C(NCc1ccc(Cl)cc1Cl)Nc1ccc(-n2nc(-c3cccnc3)cc2C(F)(F)F)nn1. The number of pyridine rings is 1. The van der Waals surface area contributed by atoms with E-state index in [1.165, 1.54) is 24.5 Å². The van der Waals surface area contributed by atoms with Gasteiger partial charge in [-0.15, -0.1) is 10.2 Å². The summed E-state index contributed by atoms with van der Waals surface area (Å²) in [5.41, 5.74) is 0.101. The van der Waals surface area contributed by atoms with Crippen LogP contribution in [-0.4, -0.2) is 31.0 Å². The standard InChI is InChI=1S/C21H14Cl2F3N7O/c22-14-4-3-12(15(23)8-14)11-28-20(34)29-18-5-6-19(31-30-18)33-17(21(24,25)26)9-16(32-33)13-2-1-7-27-10-13/h1-10H,11H2,(H2,28,29,30,34). The summed E-state index contributed by atoms with van der Waals surface area (Å²) >= 11 is 11.9. The van der Waals surface area contributed by atoms with Crippen LogP contribution in [-0.2, 0) is 12.7 Å². The second-order valence-corrected chi connectivity index (χ2v) is 7.73. The lowest BCUT2D eigenvalue weighted by Crippen LogP contribution is -2.28. The number of urea groups is 1. The molecule has 0 spiro atoms. The van der Waals surface area contributed by atoms with Gasteiger partial charge in [-0.05, 0) is 48.0 Å². The van der Waals surface area contributed by atoms with Gasteiger partial charge in [-0.2, -0.15) is 18.3 Å². The first-order chi connectivity index (χ1) is 16.2. The molecule has 0 saturated heterocycles. The minimum atomic E-state index is -4.69. The summed E-state index contributed by atoms with van der Waals surface area (Å²) in [6, 6.07) is 10.9. The first-order valence-corrected chi connectivity index (χ1v) is 10.4. The first kappa shape index (κ1) is 23.5. The molecule has 0 bridgehead atoms. The number of hydrogen-bond acceptors (Lipinski definition) is 5. The number of halogens is 5. The zero-order valence-corrected chi connectivity index (χ0v) is 18.5. The van der Waals surface area contributed by atoms with Gasteiger partial charge < -0.3 is 5.32 Å². The topological polar surface area (TPSA) is 97.6 Å². The molecule has 2 amide bonds. The van der Waals surface area contributed by atoms with Crippen LogP contribution in [0.25, 0.3) is 17.1 Å². The second kappa shape index (κ2) is 9.65. The maximum atomic E-state index is 13.6. The number of nitrogens with one attached hydrogen (secondary N) is 2. The molecule has 8 nitrogen and oxygen atoms in total. The average Bonchev–Trinajstić information content (AvgIpc) is 3.26. The average molecular weight is 508 g/mol. The fourth-order valence-corrected chi connectivity index (χ4v) is 3.39. The van der Waals surface area contributed by atoms with Crippen LogP contribution in [0.15, 0.2) is 60.9 Å². The van der Waals surface area contributed by atoms with Crippen LogP contribution in [0.1, 0.15) is 11.3 Å². The first-order valence-electron chi connectivity index (χ1n) is 9.61. The van der Waals surface area contributed by atoms with Crippen LogP contribution >= 0.6 is 23.2 Å². The maximum Gasteiger partial charge on any atom is 0.433 e. The molecule has 0 aliphatic rings. The van der Waals surface area contributed by atoms with Crippen molar-refractivity contribution in [1.82, 2.24) is 30.3 Å². The summed E-state index contributed by atoms with van der Waals surface area (Å²) < 4.78 is 41.4. The Morgan fingerprint density at radius 1 is 1.06 bits per heavy atom. The summed E-state index contributed by atoms with van der Waals surface area (Å²) in [6.45, 7) is 0.118. The zero-order chi connectivity index (χ0) is 24.3. The normalized spacial score (nSPS) is 11.3. The molecule has 174 valence electrons. The van der Waals surface area contributed by atoms with Crippen LogP contribution in [0.2, 0.25) is 10.0 Å². The van der Waals surface area contributed by atoms with Gasteiger partial charge in [0, 0.05) is 34.5 Å². The molecular formula is C21H14Cl2F3N7O. The van der Waals surface area contributed by atoms with Gasteiger partial charge in [0.05, 0.1) is 5.69 Å². The van der Waals surface area contributed by atoms with E-state index in [-0.39, 0.29) is 23.9 Å². The van der Waals surface area contributed by atoms with E-state index in [4.69, 9.17) is 23.2 Å². The van der Waals surface area contributed by atoms with Crippen molar-refractivity contribution in [2.75, 3.05) is 5.32 Å². The molecule has 0 radical (unpaired) electrons. The second-order valence-electron chi connectivity index (χ2n) is 6.89. The van der Waals surface area contributed by atoms with Crippen LogP contribution < -0.4 is 10.6 Å². The molecule has 13 heteroatoms. The molecular weight excluding hydrogens is 494 g/mol. The van der Waals surface area contributed by atoms with Gasteiger partial charge in [0.2, 0.25) is 0 Å². The van der Waals surface area contributed by atoms with Crippen molar-refractivity contribution in [1.29, 1.82) is 0 Å². The molecule has 3 aromatic heterocycles. The maximum absolute atomic E-state index is 13.6. The highest BCUT2D eigenvalue weighted by atomic mass is 35.5. The van der Waals surface area contributed by atoms with Crippen molar-refractivity contribution in [3.05, 3.63) is 82.2 Å². The largest absolute Gasteiger partial charge is 0.433 e. The van der Waals surface area contributed by atoms with Gasteiger partial charge in [-0.3, -0.25) is 10.3 Å². The van der Waals surface area contributed by atoms with Crippen molar-refractivity contribution in [2.45, 2.75) is 12.7 Å². The van der Waals surface area contributed by atoms with E-state index in [2.05, 4.69) is 30.9 Å². The van der Waals surface area contributed by atoms with E-state index in [9.17, 15) is 18.0 Å². The van der Waals surface area contributed by atoms with Crippen molar-refractivity contribution in [3.8, 4) is 17.1 Å². The fraction of sp³-hybridized carbons (Fsp3) is 0.0952. The van der Waals surface area contributed by atoms with Crippen LogP contribution in [0.3, 0.4) is 0 Å². The van der Waals surface area contributed by atoms with E-state index < -0.39 is 17.9 Å². The van der Waals surface area contributed by atoms with Crippen LogP contribution in [0, 0.1) is 0 Å². The number of nitrogens with zero attached hydrogens (tertiary/aromatic N) is 5. The number of amides is 2. The van der Waals surface area contributed by atoms with Gasteiger partial charge in [0.1, 0.15) is 0 Å². The Morgan fingerprint density at radius 3 is 2.53 bits per heavy atom. The number of carbonyl (C=O) groups is 1. The Kier molecular flexibility index (Phi) is 6.66. The Labute approximate surface area is 200 Å². The molecule has 2 N–H and O–H groups in total. The fourth-order valence-electron chi connectivity index (χ4n) is 2.92. The predicted molar refractivity (Wildman–Crippen MR) is 120 cm³/mol. The smallest absolute Gasteiger partial charge is 0.334 e. The van der Waals surface area contributed by atoms with Crippen molar-refractivity contribution < 1.29 is 18.0 Å². The summed E-state index contributed by atoms with van der Waals surface area (Å²) in [6.07, 6.45) is -1.78. The van der Waals surface area contributed by atoms with Crippen LogP contribution in [0.5, 0.6) is 0 Å². The highest BCUT2D eigenvalue weighted by Crippen LogP contribution is 2.33. The van der Waals surface area contributed by atoms with Crippen molar-refractivity contribution in [3.63, 3.8) is 0 Å². The minimum Gasteiger partial charge on any atom is -0.334 e. The highest BCUT2D eigenvalue weighted by Gasteiger charge is 2.37. The monoisotopic (exact) mass is 507 g/mol. The van der Waals surface area contributed by atoms with E-state index in [1.54, 1.807) is 30.3 Å². The molecule has 3 heterocycles. The Morgan fingerprint density at radius 2 is 1.88 bits per heavy atom. The summed E-state index contributed by atoms with van der Waals surface area (Å²) in [7, 11) is 0. The Bertz CT molecular complexity index is 1310. The number of carbonyl (C=O) groups excluding carboxylic acids is 1. The molecule has 4 aromatic rings. The Hall–Kier alpha value is -3.70. The van der Waals surface area contributed by atoms with Crippen molar-refractivity contribution >= 4 is 35.1 Å². The molecule has 0 fully saturated rings. The predicted octanol–water partition coefficient (Wildman–Crippen LogP) is 5.37. The van der Waals surface area contributed by atoms with Crippen LogP contribution in [0.4, 0.5) is 23.8 Å². The lowest BCUT2D eigenvalue weighted by Gasteiger charge is -2.10. The summed E-state index contributed by atoms with van der Waals surface area (Å²) in [5, 5.41) is 17.5. The number of benzene rings is 1. The number of hydrogen-bond donors (Lipinski definition) is 2. The van der Waals surface area contributed by atoms with E-state index >= 15 is 0 Å². The van der Waals surface area contributed by atoms with Crippen molar-refractivity contribution in [2.24, 2.45) is 0 Å². The zero-order valence-electron chi connectivity index (χ0n) is 17.0. The van der Waals surface area contributed by atoms with Gasteiger partial charge in [-0.25, -0.2) is 9.48 Å². The quantitative estimate of drug-likeness (QED) is 0.378. The van der Waals surface area contributed by atoms with E-state index in [1.807, 2.05) is 0 Å². The molecule has 0 atom stereocenters. The number of alkyl halides is 3. The molecule has 34 heavy (non-hydrogen) atoms. The number of anilines is 1. The molecule has 0 saturated carbocycles. The molecule has 4 rings (SSSR count). The number of aromatic nitrogens is 5. The lowest BCUT2D eigenvalue weighted by molar-refractivity contribution is -0.142. The highest BCUT2D eigenvalue weighted by molar-refractivity contribution is 6.35. The Balaban J connectivity index is 1.49. The number of rotatable bonds is 5. The van der Waals surface area contributed by atoms with Gasteiger partial charge in [-0.1, -0.05) is 29.3 Å². The van der Waals surface area contributed by atoms with Gasteiger partial charge in [0.25, 0.3) is 0 Å². The third-order valence-corrected chi connectivity index (χ3v) is 5.11. The third kappa shape index (κ3) is 5.43. The molecule has 0 unspecified atom stereocenters. The summed E-state index contributed by atoms with van der Waals surface area (Å²) in [4.78, 5) is 16.0. The van der Waals surface area contributed by atoms with Gasteiger partial charge >= 0.3 is 12.2 Å². The van der Waals surface area contributed by atoms with E-state index in [0.29, 0.717) is 25.9 Å². The molecule has 1 aromatic carbocycles. The van der Waals surface area contributed by atoms with Gasteiger partial charge in [0.15, 0.2) is 17.3 Å². The summed E-state index contributed by atoms with van der Waals surface area (Å²) in [5.74, 6) is -0.155. The van der Waals surface area contributed by atoms with E-state index in [0.717, 1.165) is 6.07 Å². The third-order valence-electron chi connectivity index (χ3n) is 4.52. The molecule has 0 aliphatic heterocycles. The molecule has 0 aliphatic carbocycles. The minimum absolute atomic E-state index is 0.0247. The lowest BCUT2D eigenvalue weighted by atomic mass is 10.2.